The number of unbranched alkanes of at least 4 members (excludes halogenated alkanes) is 3. The second-order valence-corrected chi connectivity index (χ2v) is 17.2. The predicted molar refractivity (Wildman–Crippen MR) is 218 cm³/mol. The van der Waals surface area contributed by atoms with Gasteiger partial charge in [-0.1, -0.05) is 148 Å². The molecule has 49 heavy (non-hydrogen) atoms. The van der Waals surface area contributed by atoms with Gasteiger partial charge in [-0.25, -0.2) is 0 Å². The van der Waals surface area contributed by atoms with E-state index in [2.05, 4.69) is 189 Å². The highest BCUT2D eigenvalue weighted by Crippen LogP contribution is 2.46. The SMILES string of the molecule is CCCCCCn1c2cc(Br)c(OP(c3ccccc3)c3ccccc3)cc2c2cc(OP(c3ccccc3)c3ccccc3)c(Br)cc21. The van der Waals surface area contributed by atoms with Gasteiger partial charge in [0.2, 0.25) is 0 Å². The van der Waals surface area contributed by atoms with Crippen LogP contribution in [0.1, 0.15) is 32.6 Å². The molecule has 0 bridgehead atoms. The van der Waals surface area contributed by atoms with E-state index in [9.17, 15) is 0 Å². The van der Waals surface area contributed by atoms with Crippen molar-refractivity contribution in [2.45, 2.75) is 39.2 Å². The van der Waals surface area contributed by atoms with Crippen LogP contribution < -0.4 is 30.3 Å². The van der Waals surface area contributed by atoms with Crippen molar-refractivity contribution in [1.29, 1.82) is 0 Å². The summed E-state index contributed by atoms with van der Waals surface area (Å²) < 4.78 is 18.4. The molecule has 0 saturated heterocycles. The average Bonchev–Trinajstić information content (AvgIpc) is 3.43. The van der Waals surface area contributed by atoms with Crippen molar-refractivity contribution < 1.29 is 9.05 Å². The summed E-state index contributed by atoms with van der Waals surface area (Å²) in [5, 5.41) is 6.99. The third-order valence-electron chi connectivity index (χ3n) is 8.55. The van der Waals surface area contributed by atoms with Gasteiger partial charge in [0.25, 0.3) is 0 Å². The van der Waals surface area contributed by atoms with E-state index in [0.29, 0.717) is 0 Å². The Bertz CT molecular complexity index is 1920. The maximum Gasteiger partial charge on any atom is 0.150 e. The number of halogens is 2. The summed E-state index contributed by atoms with van der Waals surface area (Å²) in [4.78, 5) is 0. The fourth-order valence-corrected chi connectivity index (χ4v) is 10.7. The predicted octanol–water partition coefficient (Wildman–Crippen LogP) is 11.8. The van der Waals surface area contributed by atoms with Crippen molar-refractivity contribution in [1.82, 2.24) is 4.57 Å². The molecule has 0 atom stereocenters. The highest BCUT2D eigenvalue weighted by Gasteiger charge is 2.23. The minimum Gasteiger partial charge on any atom is -0.463 e. The molecular formula is C42H37Br2NO2P2. The van der Waals surface area contributed by atoms with Crippen LogP contribution in [0.2, 0.25) is 0 Å². The van der Waals surface area contributed by atoms with E-state index in [4.69, 9.17) is 9.05 Å². The Morgan fingerprint density at radius 3 is 1.20 bits per heavy atom. The molecule has 1 heterocycles. The Morgan fingerprint density at radius 1 is 0.490 bits per heavy atom. The van der Waals surface area contributed by atoms with Crippen LogP contribution in [0.25, 0.3) is 21.8 Å². The lowest BCUT2D eigenvalue weighted by atomic mass is 10.1. The molecular weight excluding hydrogens is 772 g/mol. The number of fused-ring (bicyclic) bond motifs is 3. The molecule has 6 aromatic carbocycles. The van der Waals surface area contributed by atoms with Crippen LogP contribution in [0.15, 0.2) is 155 Å². The third-order valence-corrected chi connectivity index (χ3v) is 13.6. The molecule has 0 spiro atoms. The maximum atomic E-state index is 7.00. The summed E-state index contributed by atoms with van der Waals surface area (Å²) in [5.74, 6) is 1.66. The minimum atomic E-state index is -1.09. The molecule has 0 fully saturated rings. The summed E-state index contributed by atoms with van der Waals surface area (Å²) in [5.41, 5.74) is 2.37. The van der Waals surface area contributed by atoms with Crippen LogP contribution in [0, 0.1) is 0 Å². The summed E-state index contributed by atoms with van der Waals surface area (Å²) in [6.07, 6.45) is 4.78. The van der Waals surface area contributed by atoms with Crippen molar-refractivity contribution in [3.05, 3.63) is 155 Å². The second kappa shape index (κ2) is 16.0. The number of hydrogen-bond acceptors (Lipinski definition) is 2. The Labute approximate surface area is 308 Å². The molecule has 7 rings (SSSR count). The largest absolute Gasteiger partial charge is 0.463 e. The first-order valence-corrected chi connectivity index (χ1v) is 20.8. The second-order valence-electron chi connectivity index (χ2n) is 11.9. The molecule has 0 radical (unpaired) electrons. The first-order chi connectivity index (χ1) is 24.1. The Kier molecular flexibility index (Phi) is 11.1. The standard InChI is InChI=1S/C42H37Br2NO2P2/c1-2-3-4-17-26-45-39-29-37(43)41(46-48(31-18-9-5-10-19-31)32-20-11-6-12-21-32)27-35(39)36-28-42(38(44)30-40(36)45)47-49(33-22-13-7-14-23-33)34-24-15-8-16-25-34/h5-16,18-25,27-30H,2-4,17,26H2,1H3. The van der Waals surface area contributed by atoms with Crippen molar-refractivity contribution in [2.24, 2.45) is 0 Å². The molecule has 7 heteroatoms. The van der Waals surface area contributed by atoms with Gasteiger partial charge in [0.05, 0.1) is 20.0 Å². The fourth-order valence-electron chi connectivity index (χ4n) is 6.13. The number of benzene rings is 6. The maximum absolute atomic E-state index is 7.00. The first kappa shape index (κ1) is 34.0. The third kappa shape index (κ3) is 7.67. The molecule has 246 valence electrons. The lowest BCUT2D eigenvalue weighted by molar-refractivity contribution is 0.601. The number of aryl methyl sites for hydroxylation is 1. The zero-order valence-electron chi connectivity index (χ0n) is 27.3. The van der Waals surface area contributed by atoms with Crippen LogP contribution in [0.4, 0.5) is 0 Å². The molecule has 0 aliphatic carbocycles. The summed E-state index contributed by atoms with van der Waals surface area (Å²) >= 11 is 7.86. The molecule has 0 amide bonds. The van der Waals surface area contributed by atoms with Gasteiger partial charge in [0.1, 0.15) is 11.5 Å². The molecule has 1 aromatic heterocycles. The molecule has 0 aliphatic rings. The minimum absolute atomic E-state index is 0.831. The fraction of sp³-hybridized carbons (Fsp3) is 0.143. The number of nitrogens with zero attached hydrogens (tertiary/aromatic N) is 1. The molecule has 0 saturated carbocycles. The summed E-state index contributed by atoms with van der Waals surface area (Å²) in [7, 11) is -2.18. The Balaban J connectivity index is 1.35. The molecule has 7 aromatic rings. The number of hydrogen-bond donors (Lipinski definition) is 0. The van der Waals surface area contributed by atoms with E-state index in [-0.39, 0.29) is 0 Å². The Morgan fingerprint density at radius 2 is 0.857 bits per heavy atom. The zero-order chi connectivity index (χ0) is 33.6. The van der Waals surface area contributed by atoms with Crippen molar-refractivity contribution in [2.75, 3.05) is 0 Å². The van der Waals surface area contributed by atoms with Gasteiger partial charge in [-0.2, -0.15) is 0 Å². The lowest BCUT2D eigenvalue weighted by Gasteiger charge is -2.20. The number of aromatic nitrogens is 1. The van der Waals surface area contributed by atoms with Crippen molar-refractivity contribution in [3.8, 4) is 11.5 Å². The Hall–Kier alpha value is -3.46. The smallest absolute Gasteiger partial charge is 0.150 e. The zero-order valence-corrected chi connectivity index (χ0v) is 32.3. The van der Waals surface area contributed by atoms with Crippen molar-refractivity contribution in [3.63, 3.8) is 0 Å². The lowest BCUT2D eigenvalue weighted by Crippen LogP contribution is -2.15. The van der Waals surface area contributed by atoms with Crippen LogP contribution in [-0.2, 0) is 6.54 Å². The first-order valence-electron chi connectivity index (χ1n) is 16.7. The van der Waals surface area contributed by atoms with Crippen LogP contribution >= 0.6 is 48.2 Å². The summed E-state index contributed by atoms with van der Waals surface area (Å²) in [6.45, 7) is 3.21. The van der Waals surface area contributed by atoms with Crippen LogP contribution in [-0.4, -0.2) is 4.57 Å². The van der Waals surface area contributed by atoms with Crippen molar-refractivity contribution >= 4 is 91.2 Å². The van der Waals surface area contributed by atoms with E-state index in [0.717, 1.165) is 44.2 Å². The molecule has 0 aliphatic heterocycles. The van der Waals surface area contributed by atoms with Gasteiger partial charge >= 0.3 is 0 Å². The van der Waals surface area contributed by atoms with E-state index in [1.54, 1.807) is 0 Å². The van der Waals surface area contributed by atoms with Gasteiger partial charge in [-0.3, -0.25) is 0 Å². The van der Waals surface area contributed by atoms with E-state index < -0.39 is 16.3 Å². The van der Waals surface area contributed by atoms with E-state index in [1.807, 2.05) is 0 Å². The van der Waals surface area contributed by atoms with Gasteiger partial charge in [-0.15, -0.1) is 0 Å². The van der Waals surface area contributed by atoms with Crippen LogP contribution in [0.3, 0.4) is 0 Å². The average molecular weight is 810 g/mol. The quantitative estimate of drug-likeness (QED) is 0.0856. The van der Waals surface area contributed by atoms with E-state index in [1.165, 1.54) is 51.5 Å². The number of rotatable bonds is 13. The van der Waals surface area contributed by atoms with E-state index >= 15 is 0 Å². The molecule has 0 unspecified atom stereocenters. The van der Waals surface area contributed by atoms with Gasteiger partial charge < -0.3 is 13.6 Å². The van der Waals surface area contributed by atoms with Gasteiger partial charge in [-0.05, 0) is 62.5 Å². The molecule has 0 N–H and O–H groups in total. The van der Waals surface area contributed by atoms with Gasteiger partial charge in [0.15, 0.2) is 16.3 Å². The topological polar surface area (TPSA) is 23.4 Å². The monoisotopic (exact) mass is 807 g/mol. The van der Waals surface area contributed by atoms with Crippen LogP contribution in [0.5, 0.6) is 11.5 Å². The highest BCUT2D eigenvalue weighted by atomic mass is 79.9. The normalized spacial score (nSPS) is 11.5. The summed E-state index contributed by atoms with van der Waals surface area (Å²) in [6, 6.07) is 51.1. The van der Waals surface area contributed by atoms with Gasteiger partial charge in [0, 0.05) is 38.5 Å². The molecule has 3 nitrogen and oxygen atoms in total. The highest BCUT2D eigenvalue weighted by molar-refractivity contribution is 9.11.